The van der Waals surface area contributed by atoms with Crippen LogP contribution in [0.5, 0.6) is 0 Å². The van der Waals surface area contributed by atoms with Gasteiger partial charge in [-0.05, 0) is 59.5 Å². The molecule has 2 nitrogen and oxygen atoms in total. The van der Waals surface area contributed by atoms with Crippen LogP contribution in [0.25, 0.3) is 44.0 Å². The number of halogens is 1. The molecular formula is C24H17IN2. The van der Waals surface area contributed by atoms with E-state index in [1.54, 1.807) is 0 Å². The van der Waals surface area contributed by atoms with Crippen molar-refractivity contribution in [2.45, 2.75) is 13.8 Å². The van der Waals surface area contributed by atoms with Crippen LogP contribution in [-0.4, -0.2) is 9.97 Å². The molecule has 130 valence electrons. The van der Waals surface area contributed by atoms with Gasteiger partial charge in [0.15, 0.2) is 0 Å². The van der Waals surface area contributed by atoms with Crippen molar-refractivity contribution in [3.63, 3.8) is 0 Å². The second-order valence-electron chi connectivity index (χ2n) is 7.01. The Morgan fingerprint density at radius 2 is 1.30 bits per heavy atom. The molecule has 5 rings (SSSR count). The molecule has 0 unspecified atom stereocenters. The van der Waals surface area contributed by atoms with E-state index in [2.05, 4.69) is 78.9 Å². The Balaban J connectivity index is 2.00. The molecule has 3 heteroatoms. The van der Waals surface area contributed by atoms with Crippen molar-refractivity contribution in [3.8, 4) is 11.1 Å². The molecule has 0 aliphatic rings. The van der Waals surface area contributed by atoms with Gasteiger partial charge < -0.3 is 0 Å². The number of nitrogens with zero attached hydrogens (tertiary/aromatic N) is 2. The normalized spacial score (nSPS) is 11.5. The summed E-state index contributed by atoms with van der Waals surface area (Å²) in [4.78, 5) is 9.96. The molecule has 0 amide bonds. The lowest BCUT2D eigenvalue weighted by Gasteiger charge is -2.15. The standard InChI is InChI=1S/C24H17IN2/c1-14-7-10-16(11-8-14)21-18-13-15(2)9-12-17(18)23-24(22(21)25)27-20-6-4-3-5-19(20)26-23/h3-13H,1-2H3. The minimum absolute atomic E-state index is 0.934. The summed E-state index contributed by atoms with van der Waals surface area (Å²) in [6.45, 7) is 4.26. The van der Waals surface area contributed by atoms with Crippen molar-refractivity contribution in [1.29, 1.82) is 0 Å². The Hall–Kier alpha value is -2.53. The van der Waals surface area contributed by atoms with E-state index in [4.69, 9.17) is 9.97 Å². The summed E-state index contributed by atoms with van der Waals surface area (Å²) in [5.74, 6) is 0. The molecule has 0 saturated carbocycles. The third kappa shape index (κ3) is 2.69. The van der Waals surface area contributed by atoms with Crippen LogP contribution in [0.3, 0.4) is 0 Å². The number of benzene rings is 4. The van der Waals surface area contributed by atoms with Gasteiger partial charge in [-0.3, -0.25) is 0 Å². The lowest BCUT2D eigenvalue weighted by molar-refractivity contribution is 1.39. The summed E-state index contributed by atoms with van der Waals surface area (Å²) in [6.07, 6.45) is 0. The molecule has 1 heterocycles. The number of hydrogen-bond acceptors (Lipinski definition) is 2. The molecule has 1 aromatic heterocycles. The highest BCUT2D eigenvalue weighted by Gasteiger charge is 2.17. The predicted octanol–water partition coefficient (Wildman–Crippen LogP) is 6.82. The van der Waals surface area contributed by atoms with E-state index in [0.29, 0.717) is 0 Å². The SMILES string of the molecule is Cc1ccc(-c2c(I)c3nc4ccccc4nc3c3ccc(C)cc23)cc1. The summed E-state index contributed by atoms with van der Waals surface area (Å²) in [5.41, 5.74) is 8.80. The van der Waals surface area contributed by atoms with Crippen LogP contribution < -0.4 is 0 Å². The number of fused-ring (bicyclic) bond motifs is 4. The number of para-hydroxylation sites is 2. The zero-order valence-corrected chi connectivity index (χ0v) is 17.3. The van der Waals surface area contributed by atoms with Crippen molar-refractivity contribution in [1.82, 2.24) is 9.97 Å². The number of rotatable bonds is 1. The van der Waals surface area contributed by atoms with Crippen LogP contribution in [-0.2, 0) is 0 Å². The molecule has 27 heavy (non-hydrogen) atoms. The van der Waals surface area contributed by atoms with E-state index < -0.39 is 0 Å². The fourth-order valence-corrected chi connectivity index (χ4v) is 4.63. The maximum atomic E-state index is 4.98. The molecule has 0 atom stereocenters. The maximum absolute atomic E-state index is 4.98. The first-order valence-corrected chi connectivity index (χ1v) is 10.0. The molecule has 0 aliphatic heterocycles. The minimum Gasteiger partial charge on any atom is -0.244 e. The summed E-state index contributed by atoms with van der Waals surface area (Å²) in [6, 6.07) is 23.4. The Morgan fingerprint density at radius 3 is 2.00 bits per heavy atom. The molecular weight excluding hydrogens is 443 g/mol. The summed E-state index contributed by atoms with van der Waals surface area (Å²) < 4.78 is 1.16. The lowest BCUT2D eigenvalue weighted by atomic mass is 9.95. The molecule has 0 fully saturated rings. The van der Waals surface area contributed by atoms with Crippen molar-refractivity contribution in [3.05, 3.63) is 81.4 Å². The maximum Gasteiger partial charge on any atom is 0.104 e. The number of aromatic nitrogens is 2. The van der Waals surface area contributed by atoms with Gasteiger partial charge in [-0.1, -0.05) is 65.7 Å². The Morgan fingerprint density at radius 1 is 0.667 bits per heavy atom. The van der Waals surface area contributed by atoms with Crippen LogP contribution in [0, 0.1) is 17.4 Å². The first-order valence-electron chi connectivity index (χ1n) is 8.97. The topological polar surface area (TPSA) is 25.8 Å². The van der Waals surface area contributed by atoms with Crippen molar-refractivity contribution >= 4 is 55.4 Å². The average Bonchev–Trinajstić information content (AvgIpc) is 2.68. The summed E-state index contributed by atoms with van der Waals surface area (Å²) in [5, 5.41) is 2.39. The van der Waals surface area contributed by atoms with Crippen molar-refractivity contribution in [2.75, 3.05) is 0 Å². The minimum atomic E-state index is 0.934. The smallest absolute Gasteiger partial charge is 0.104 e. The van der Waals surface area contributed by atoms with Crippen LogP contribution >= 0.6 is 22.6 Å². The second kappa shape index (κ2) is 6.27. The van der Waals surface area contributed by atoms with E-state index in [1.807, 2.05) is 24.3 Å². The Kier molecular flexibility index (Phi) is 3.86. The number of aryl methyl sites for hydroxylation is 2. The largest absolute Gasteiger partial charge is 0.244 e. The lowest BCUT2D eigenvalue weighted by Crippen LogP contribution is -1.96. The third-order valence-electron chi connectivity index (χ3n) is 5.04. The van der Waals surface area contributed by atoms with Gasteiger partial charge in [0.25, 0.3) is 0 Å². The molecule has 0 radical (unpaired) electrons. The van der Waals surface area contributed by atoms with Crippen LogP contribution in [0.15, 0.2) is 66.7 Å². The van der Waals surface area contributed by atoms with Crippen LogP contribution in [0.2, 0.25) is 0 Å². The van der Waals surface area contributed by atoms with Gasteiger partial charge in [0.05, 0.1) is 16.6 Å². The highest BCUT2D eigenvalue weighted by atomic mass is 127. The first-order chi connectivity index (χ1) is 13.1. The van der Waals surface area contributed by atoms with Gasteiger partial charge in [0, 0.05) is 14.5 Å². The molecule has 0 saturated heterocycles. The van der Waals surface area contributed by atoms with Crippen molar-refractivity contribution < 1.29 is 0 Å². The van der Waals surface area contributed by atoms with Gasteiger partial charge in [0.1, 0.15) is 5.52 Å². The van der Waals surface area contributed by atoms with E-state index in [-0.39, 0.29) is 0 Å². The highest BCUT2D eigenvalue weighted by molar-refractivity contribution is 14.1. The highest BCUT2D eigenvalue weighted by Crippen LogP contribution is 2.39. The quantitative estimate of drug-likeness (QED) is 0.156. The van der Waals surface area contributed by atoms with Gasteiger partial charge in [-0.2, -0.15) is 0 Å². The van der Waals surface area contributed by atoms with Crippen LogP contribution in [0.1, 0.15) is 11.1 Å². The van der Waals surface area contributed by atoms with Crippen LogP contribution in [0.4, 0.5) is 0 Å². The fourth-order valence-electron chi connectivity index (χ4n) is 3.65. The van der Waals surface area contributed by atoms with E-state index >= 15 is 0 Å². The van der Waals surface area contributed by atoms with Gasteiger partial charge >= 0.3 is 0 Å². The fraction of sp³-hybridized carbons (Fsp3) is 0.0833. The Labute approximate surface area is 171 Å². The molecule has 0 N–H and O–H groups in total. The zero-order valence-electron chi connectivity index (χ0n) is 15.1. The van der Waals surface area contributed by atoms with E-state index in [0.717, 1.165) is 31.0 Å². The monoisotopic (exact) mass is 460 g/mol. The summed E-state index contributed by atoms with van der Waals surface area (Å²) >= 11 is 2.44. The Bertz CT molecular complexity index is 1340. The molecule has 4 aromatic carbocycles. The second-order valence-corrected chi connectivity index (χ2v) is 8.09. The molecule has 5 aromatic rings. The van der Waals surface area contributed by atoms with Gasteiger partial charge in [-0.15, -0.1) is 0 Å². The first kappa shape index (κ1) is 16.6. The van der Waals surface area contributed by atoms with Gasteiger partial charge in [-0.25, -0.2) is 9.97 Å². The summed E-state index contributed by atoms with van der Waals surface area (Å²) in [7, 11) is 0. The number of hydrogen-bond donors (Lipinski definition) is 0. The molecule has 0 aliphatic carbocycles. The van der Waals surface area contributed by atoms with E-state index in [9.17, 15) is 0 Å². The van der Waals surface area contributed by atoms with E-state index in [1.165, 1.54) is 27.6 Å². The average molecular weight is 460 g/mol. The molecule has 0 spiro atoms. The zero-order chi connectivity index (χ0) is 18.5. The van der Waals surface area contributed by atoms with Gasteiger partial charge in [0.2, 0.25) is 0 Å². The van der Waals surface area contributed by atoms with Crippen molar-refractivity contribution in [2.24, 2.45) is 0 Å². The molecule has 0 bridgehead atoms. The third-order valence-corrected chi connectivity index (χ3v) is 6.09. The predicted molar refractivity (Wildman–Crippen MR) is 122 cm³/mol.